The minimum atomic E-state index is -1.01. The van der Waals surface area contributed by atoms with Gasteiger partial charge in [-0.2, -0.15) is 0 Å². The predicted octanol–water partition coefficient (Wildman–Crippen LogP) is 6.67. The zero-order chi connectivity index (χ0) is 31.5. The van der Waals surface area contributed by atoms with Gasteiger partial charge in [0.25, 0.3) is 5.78 Å². The second-order valence-corrected chi connectivity index (χ2v) is 11.6. The van der Waals surface area contributed by atoms with Gasteiger partial charge in [-0.15, -0.1) is 0 Å². The van der Waals surface area contributed by atoms with Crippen LogP contribution >= 0.6 is 11.3 Å². The number of ketones is 1. The second kappa shape index (κ2) is 13.1. The number of thiazole rings is 1. The van der Waals surface area contributed by atoms with E-state index in [0.717, 1.165) is 24.0 Å². The molecule has 11 heteroatoms. The first-order chi connectivity index (χ1) is 21.9. The summed E-state index contributed by atoms with van der Waals surface area (Å²) < 4.78 is 29.5. The molecule has 1 fully saturated rings. The average molecular weight is 631 g/mol. The van der Waals surface area contributed by atoms with Crippen molar-refractivity contribution < 1.29 is 38.4 Å². The molecule has 10 nitrogen and oxygen atoms in total. The Morgan fingerprint density at radius 2 is 1.80 bits per heavy atom. The fraction of sp³-hybridized carbons (Fsp3) is 0.324. The lowest BCUT2D eigenvalue weighted by Gasteiger charge is -2.24. The molecule has 6 rings (SSSR count). The van der Waals surface area contributed by atoms with E-state index in [9.17, 15) is 14.7 Å². The third kappa shape index (κ3) is 5.87. The van der Waals surface area contributed by atoms with Gasteiger partial charge in [0.1, 0.15) is 24.7 Å². The van der Waals surface area contributed by atoms with Crippen LogP contribution in [0.15, 0.2) is 60.2 Å². The number of fused-ring (bicyclic) bond motifs is 2. The Kier molecular flexibility index (Phi) is 8.79. The first-order valence-electron chi connectivity index (χ1n) is 15.0. The molecule has 234 valence electrons. The Balaban J connectivity index is 1.49. The summed E-state index contributed by atoms with van der Waals surface area (Å²) in [6.07, 6.45) is 3.02. The number of amides is 1. The zero-order valence-corrected chi connectivity index (χ0v) is 26.1. The smallest absolute Gasteiger partial charge is 0.301 e. The van der Waals surface area contributed by atoms with Gasteiger partial charge in [-0.25, -0.2) is 4.98 Å². The van der Waals surface area contributed by atoms with Gasteiger partial charge in [0.05, 0.1) is 42.2 Å². The number of anilines is 1. The number of methoxy groups -OCH3 is 1. The fourth-order valence-corrected chi connectivity index (χ4v) is 6.45. The van der Waals surface area contributed by atoms with Gasteiger partial charge in [-0.1, -0.05) is 37.2 Å². The third-order valence-electron chi connectivity index (χ3n) is 7.64. The van der Waals surface area contributed by atoms with E-state index in [4.69, 9.17) is 28.7 Å². The number of rotatable bonds is 11. The maximum Gasteiger partial charge on any atom is 0.301 e. The maximum atomic E-state index is 13.8. The van der Waals surface area contributed by atoms with Crippen molar-refractivity contribution in [2.75, 3.05) is 38.4 Å². The van der Waals surface area contributed by atoms with E-state index in [-0.39, 0.29) is 11.3 Å². The highest BCUT2D eigenvalue weighted by Gasteiger charge is 2.48. The summed E-state index contributed by atoms with van der Waals surface area (Å²) in [6.45, 7) is 5.69. The summed E-state index contributed by atoms with van der Waals surface area (Å²) in [7, 11) is 1.58. The number of aromatic nitrogens is 1. The van der Waals surface area contributed by atoms with Crippen molar-refractivity contribution in [1.82, 2.24) is 4.98 Å². The molecular formula is C34H34N2O8S. The molecule has 1 atom stereocenters. The predicted molar refractivity (Wildman–Crippen MR) is 171 cm³/mol. The fourth-order valence-electron chi connectivity index (χ4n) is 5.43. The first kappa shape index (κ1) is 30.3. The normalized spacial score (nSPS) is 17.1. The minimum Gasteiger partial charge on any atom is -0.507 e. The average Bonchev–Trinajstić information content (AvgIpc) is 3.60. The van der Waals surface area contributed by atoms with Crippen molar-refractivity contribution in [3.8, 4) is 28.7 Å². The van der Waals surface area contributed by atoms with Crippen molar-refractivity contribution in [2.45, 2.75) is 39.2 Å². The molecule has 3 aromatic carbocycles. The molecule has 1 amide bonds. The molecule has 0 unspecified atom stereocenters. The number of hydrogen-bond donors (Lipinski definition) is 1. The van der Waals surface area contributed by atoms with Gasteiger partial charge < -0.3 is 28.8 Å². The van der Waals surface area contributed by atoms with E-state index in [1.165, 1.54) is 16.2 Å². The molecule has 0 bridgehead atoms. The van der Waals surface area contributed by atoms with Crippen LogP contribution in [-0.4, -0.2) is 55.3 Å². The molecule has 1 saturated heterocycles. The highest BCUT2D eigenvalue weighted by atomic mass is 32.1. The molecule has 1 aromatic heterocycles. The largest absolute Gasteiger partial charge is 0.507 e. The van der Waals surface area contributed by atoms with Crippen LogP contribution in [-0.2, 0) is 9.59 Å². The van der Waals surface area contributed by atoms with Gasteiger partial charge in [0.2, 0.25) is 0 Å². The van der Waals surface area contributed by atoms with Crippen LogP contribution in [0.3, 0.4) is 0 Å². The molecule has 2 aliphatic rings. The van der Waals surface area contributed by atoms with E-state index in [2.05, 4.69) is 6.92 Å². The highest BCUT2D eigenvalue weighted by Crippen LogP contribution is 2.47. The second-order valence-electron chi connectivity index (χ2n) is 10.6. The molecule has 1 N–H and O–H groups in total. The quantitative estimate of drug-likeness (QED) is 0.0839. The van der Waals surface area contributed by atoms with Crippen molar-refractivity contribution in [1.29, 1.82) is 0 Å². The molecule has 0 spiro atoms. The number of aliphatic hydroxyl groups is 1. The highest BCUT2D eigenvalue weighted by molar-refractivity contribution is 7.22. The minimum absolute atomic E-state index is 0.0763. The van der Waals surface area contributed by atoms with Crippen LogP contribution < -0.4 is 28.6 Å². The molecule has 4 aromatic rings. The van der Waals surface area contributed by atoms with E-state index < -0.39 is 17.7 Å². The number of hydrogen-bond acceptors (Lipinski definition) is 10. The molecule has 2 aliphatic heterocycles. The summed E-state index contributed by atoms with van der Waals surface area (Å²) in [5.41, 5.74) is 1.44. The van der Waals surface area contributed by atoms with Crippen molar-refractivity contribution >= 4 is 44.1 Å². The molecule has 3 heterocycles. The number of ether oxygens (including phenoxy) is 5. The van der Waals surface area contributed by atoms with Crippen LogP contribution in [0.4, 0.5) is 5.13 Å². The van der Waals surface area contributed by atoms with Gasteiger partial charge in [-0.05, 0) is 67.4 Å². The third-order valence-corrected chi connectivity index (χ3v) is 8.66. The maximum absolute atomic E-state index is 13.8. The van der Waals surface area contributed by atoms with Crippen molar-refractivity contribution in [3.63, 3.8) is 0 Å². The molecule has 45 heavy (non-hydrogen) atoms. The van der Waals surface area contributed by atoms with E-state index >= 15 is 0 Å². The summed E-state index contributed by atoms with van der Waals surface area (Å²) >= 11 is 1.25. The number of unbranched alkanes of at least 4 members (excludes halogenated alkanes) is 2. The topological polar surface area (TPSA) is 117 Å². The number of aliphatic hydroxyl groups excluding tert-OH is 1. The Bertz CT molecular complexity index is 1780. The van der Waals surface area contributed by atoms with Crippen molar-refractivity contribution in [3.05, 3.63) is 71.3 Å². The Morgan fingerprint density at radius 1 is 0.978 bits per heavy atom. The van der Waals surface area contributed by atoms with E-state index in [0.29, 0.717) is 77.0 Å². The molecule has 0 saturated carbocycles. The lowest BCUT2D eigenvalue weighted by atomic mass is 9.95. The Hall–Kier alpha value is -4.77. The van der Waals surface area contributed by atoms with Gasteiger partial charge >= 0.3 is 5.91 Å². The van der Waals surface area contributed by atoms with E-state index in [1.807, 2.05) is 13.0 Å². The Morgan fingerprint density at radius 3 is 2.58 bits per heavy atom. The summed E-state index contributed by atoms with van der Waals surface area (Å²) in [4.78, 5) is 33.7. The number of benzene rings is 3. The number of carbonyl (C=O) groups is 2. The van der Waals surface area contributed by atoms with Crippen LogP contribution in [0.2, 0.25) is 0 Å². The number of nitrogens with zero attached hydrogens (tertiary/aromatic N) is 2. The van der Waals surface area contributed by atoms with Crippen LogP contribution in [0, 0.1) is 0 Å². The van der Waals surface area contributed by atoms with Gasteiger partial charge in [0, 0.05) is 5.56 Å². The molecular weight excluding hydrogens is 596 g/mol. The summed E-state index contributed by atoms with van der Waals surface area (Å²) in [5.74, 6) is 0.697. The first-order valence-corrected chi connectivity index (χ1v) is 15.8. The lowest BCUT2D eigenvalue weighted by Crippen LogP contribution is -2.29. The number of carbonyl (C=O) groups excluding carboxylic acids is 2. The van der Waals surface area contributed by atoms with Crippen LogP contribution in [0.1, 0.15) is 50.3 Å². The van der Waals surface area contributed by atoms with Crippen LogP contribution in [0.5, 0.6) is 28.7 Å². The molecule has 0 radical (unpaired) electrons. The van der Waals surface area contributed by atoms with Gasteiger partial charge in [-0.3, -0.25) is 14.5 Å². The zero-order valence-electron chi connectivity index (χ0n) is 25.3. The monoisotopic (exact) mass is 630 g/mol. The van der Waals surface area contributed by atoms with Crippen molar-refractivity contribution in [2.24, 2.45) is 0 Å². The Labute approximate surface area is 264 Å². The lowest BCUT2D eigenvalue weighted by molar-refractivity contribution is -0.132. The standard InChI is InChI=1S/C34H34N2O8S/c1-4-6-7-14-42-24-12-8-20(17-26(24)41-5-2)30-29(31(37)21-9-13-25-27(18-21)44-16-15-43-25)32(38)33(39)36(30)34-35-23-11-10-22(40-3)19-28(23)45-34/h8-13,17-19,30,37H,4-7,14-16H2,1-3H3/t30-/m1/s1. The summed E-state index contributed by atoms with van der Waals surface area (Å²) in [6, 6.07) is 14.6. The SMILES string of the molecule is CCCCCOc1ccc([C@@H]2C(=C(O)c3ccc4c(c3)OCCO4)C(=O)C(=O)N2c2nc3ccc(OC)cc3s2)cc1OCC. The van der Waals surface area contributed by atoms with Gasteiger partial charge in [0.15, 0.2) is 28.1 Å². The summed E-state index contributed by atoms with van der Waals surface area (Å²) in [5, 5.41) is 12.0. The molecule has 0 aliphatic carbocycles. The van der Waals surface area contributed by atoms with Crippen LogP contribution in [0.25, 0.3) is 16.0 Å². The van der Waals surface area contributed by atoms with E-state index in [1.54, 1.807) is 55.6 Å². The number of Topliss-reactive ketones (excluding diaryl/α,β-unsaturated/α-hetero) is 1.